The average Bonchev–Trinajstić information content (AvgIpc) is 2.28. The highest BCUT2D eigenvalue weighted by Crippen LogP contribution is 2.21. The van der Waals surface area contributed by atoms with Gasteiger partial charge in [-0.1, -0.05) is 13.8 Å². The van der Waals surface area contributed by atoms with Crippen LogP contribution in [-0.4, -0.2) is 24.3 Å². The van der Waals surface area contributed by atoms with Gasteiger partial charge in [0.2, 0.25) is 0 Å². The Morgan fingerprint density at radius 3 is 2.29 bits per heavy atom. The van der Waals surface area contributed by atoms with Gasteiger partial charge in [-0.05, 0) is 37.1 Å². The molecule has 0 aliphatic heterocycles. The van der Waals surface area contributed by atoms with E-state index in [1.54, 1.807) is 12.1 Å². The summed E-state index contributed by atoms with van der Waals surface area (Å²) in [5.41, 5.74) is 0.936. The number of anilines is 1. The molecular formula is C14H20N2O. The van der Waals surface area contributed by atoms with Crippen molar-refractivity contribution in [3.05, 3.63) is 29.8 Å². The van der Waals surface area contributed by atoms with Crippen LogP contribution in [0.4, 0.5) is 5.69 Å². The fourth-order valence-electron chi connectivity index (χ4n) is 1.54. The number of hydrogen-bond acceptors (Lipinski definition) is 3. The van der Waals surface area contributed by atoms with Crippen LogP contribution in [0.5, 0.6) is 0 Å². The van der Waals surface area contributed by atoms with Crippen molar-refractivity contribution in [2.45, 2.75) is 26.4 Å². The molecule has 3 nitrogen and oxygen atoms in total. The molecule has 0 aliphatic carbocycles. The Hall–Kier alpha value is -1.53. The molecule has 0 aromatic heterocycles. The number of aliphatic hydroxyl groups is 1. The molecule has 0 radical (unpaired) electrons. The first-order valence-corrected chi connectivity index (χ1v) is 5.80. The summed E-state index contributed by atoms with van der Waals surface area (Å²) in [5, 5.41) is 19.0. The van der Waals surface area contributed by atoms with Crippen molar-refractivity contribution in [1.29, 1.82) is 5.26 Å². The van der Waals surface area contributed by atoms with Crippen molar-refractivity contribution < 1.29 is 5.11 Å². The second-order valence-electron chi connectivity index (χ2n) is 5.03. The molecular weight excluding hydrogens is 212 g/mol. The molecule has 0 saturated heterocycles. The van der Waals surface area contributed by atoms with E-state index in [1.165, 1.54) is 0 Å². The summed E-state index contributed by atoms with van der Waals surface area (Å²) in [5.74, 6) is 0.198. The Morgan fingerprint density at radius 2 is 1.88 bits per heavy atom. The van der Waals surface area contributed by atoms with E-state index in [2.05, 4.69) is 6.07 Å². The minimum atomic E-state index is -0.720. The standard InChI is InChI=1S/C14H20N2O/c1-11(2)14(3,17)10-16(4)13-7-5-12(9-15)6-8-13/h5-8,11,17H,10H2,1-4H3. The summed E-state index contributed by atoms with van der Waals surface area (Å²) in [6.45, 7) is 6.42. The zero-order chi connectivity index (χ0) is 13.1. The lowest BCUT2D eigenvalue weighted by Crippen LogP contribution is -2.43. The molecule has 0 bridgehead atoms. The molecule has 0 saturated carbocycles. The van der Waals surface area contributed by atoms with Crippen LogP contribution in [0.3, 0.4) is 0 Å². The first kappa shape index (κ1) is 13.5. The van der Waals surface area contributed by atoms with Gasteiger partial charge in [0.05, 0.1) is 17.2 Å². The van der Waals surface area contributed by atoms with Crippen LogP contribution < -0.4 is 4.90 Å². The number of nitriles is 1. The third-order valence-electron chi connectivity index (χ3n) is 3.24. The van der Waals surface area contributed by atoms with E-state index in [0.29, 0.717) is 12.1 Å². The Labute approximate surface area is 103 Å². The van der Waals surface area contributed by atoms with Gasteiger partial charge in [0, 0.05) is 19.3 Å². The molecule has 1 aromatic rings. The van der Waals surface area contributed by atoms with Crippen molar-refractivity contribution >= 4 is 5.69 Å². The lowest BCUT2D eigenvalue weighted by atomic mass is 9.92. The highest BCUT2D eigenvalue weighted by molar-refractivity contribution is 5.49. The van der Waals surface area contributed by atoms with Crippen molar-refractivity contribution in [1.82, 2.24) is 0 Å². The van der Waals surface area contributed by atoms with Gasteiger partial charge in [-0.2, -0.15) is 5.26 Å². The smallest absolute Gasteiger partial charge is 0.0991 e. The SMILES string of the molecule is CC(C)C(C)(O)CN(C)c1ccc(C#N)cc1. The second-order valence-corrected chi connectivity index (χ2v) is 5.03. The number of nitrogens with zero attached hydrogens (tertiary/aromatic N) is 2. The van der Waals surface area contributed by atoms with Gasteiger partial charge in [-0.3, -0.25) is 0 Å². The van der Waals surface area contributed by atoms with Gasteiger partial charge in [0.15, 0.2) is 0 Å². The maximum absolute atomic E-state index is 10.2. The fourth-order valence-corrected chi connectivity index (χ4v) is 1.54. The number of rotatable bonds is 4. The fraction of sp³-hybridized carbons (Fsp3) is 0.500. The third-order valence-corrected chi connectivity index (χ3v) is 3.24. The van der Waals surface area contributed by atoms with E-state index >= 15 is 0 Å². The Balaban J connectivity index is 2.77. The summed E-state index contributed by atoms with van der Waals surface area (Å²) in [4.78, 5) is 2.00. The van der Waals surface area contributed by atoms with E-state index in [4.69, 9.17) is 5.26 Å². The average molecular weight is 232 g/mol. The first-order chi connectivity index (χ1) is 7.86. The molecule has 92 valence electrons. The lowest BCUT2D eigenvalue weighted by molar-refractivity contribution is 0.0216. The predicted octanol–water partition coefficient (Wildman–Crippen LogP) is 2.40. The zero-order valence-corrected chi connectivity index (χ0v) is 10.9. The van der Waals surface area contributed by atoms with Crippen LogP contribution in [0.15, 0.2) is 24.3 Å². The van der Waals surface area contributed by atoms with Crippen LogP contribution >= 0.6 is 0 Å². The van der Waals surface area contributed by atoms with Crippen LogP contribution in [-0.2, 0) is 0 Å². The molecule has 0 fully saturated rings. The first-order valence-electron chi connectivity index (χ1n) is 5.80. The molecule has 1 atom stereocenters. The molecule has 0 heterocycles. The Bertz CT molecular complexity index is 401. The normalized spacial score (nSPS) is 14.2. The van der Waals surface area contributed by atoms with Crippen LogP contribution in [0.1, 0.15) is 26.3 Å². The molecule has 0 aliphatic rings. The van der Waals surface area contributed by atoms with Gasteiger partial charge in [0.25, 0.3) is 0 Å². The monoisotopic (exact) mass is 232 g/mol. The second kappa shape index (κ2) is 5.20. The van der Waals surface area contributed by atoms with Gasteiger partial charge in [-0.15, -0.1) is 0 Å². The van der Waals surface area contributed by atoms with Crippen LogP contribution in [0.25, 0.3) is 0 Å². The summed E-state index contributed by atoms with van der Waals surface area (Å²) >= 11 is 0. The number of benzene rings is 1. The van der Waals surface area contributed by atoms with Gasteiger partial charge in [0.1, 0.15) is 0 Å². The zero-order valence-electron chi connectivity index (χ0n) is 10.9. The van der Waals surface area contributed by atoms with E-state index in [9.17, 15) is 5.11 Å². The van der Waals surface area contributed by atoms with E-state index in [1.807, 2.05) is 44.9 Å². The number of likely N-dealkylation sites (N-methyl/N-ethyl adjacent to an activating group) is 1. The maximum atomic E-state index is 10.2. The van der Waals surface area contributed by atoms with E-state index in [-0.39, 0.29) is 5.92 Å². The quantitative estimate of drug-likeness (QED) is 0.867. The minimum Gasteiger partial charge on any atom is -0.388 e. The minimum absolute atomic E-state index is 0.198. The highest BCUT2D eigenvalue weighted by Gasteiger charge is 2.26. The highest BCUT2D eigenvalue weighted by atomic mass is 16.3. The van der Waals surface area contributed by atoms with E-state index in [0.717, 1.165) is 5.69 Å². The largest absolute Gasteiger partial charge is 0.388 e. The van der Waals surface area contributed by atoms with Crippen molar-refractivity contribution in [3.63, 3.8) is 0 Å². The Kier molecular flexibility index (Phi) is 4.14. The van der Waals surface area contributed by atoms with Gasteiger partial charge < -0.3 is 10.0 Å². The molecule has 1 unspecified atom stereocenters. The molecule has 1 aromatic carbocycles. The number of hydrogen-bond donors (Lipinski definition) is 1. The molecule has 3 heteroatoms. The molecule has 0 amide bonds. The van der Waals surface area contributed by atoms with E-state index < -0.39 is 5.60 Å². The van der Waals surface area contributed by atoms with Crippen molar-refractivity contribution in [2.75, 3.05) is 18.5 Å². The molecule has 17 heavy (non-hydrogen) atoms. The topological polar surface area (TPSA) is 47.3 Å². The lowest BCUT2D eigenvalue weighted by Gasteiger charge is -2.33. The predicted molar refractivity (Wildman–Crippen MR) is 69.9 cm³/mol. The maximum Gasteiger partial charge on any atom is 0.0991 e. The van der Waals surface area contributed by atoms with Crippen molar-refractivity contribution in [3.8, 4) is 6.07 Å². The summed E-state index contributed by atoms with van der Waals surface area (Å²) in [7, 11) is 1.94. The van der Waals surface area contributed by atoms with Crippen LogP contribution in [0.2, 0.25) is 0 Å². The third kappa shape index (κ3) is 3.47. The summed E-state index contributed by atoms with van der Waals surface area (Å²) in [6.07, 6.45) is 0. The van der Waals surface area contributed by atoms with Gasteiger partial charge in [-0.25, -0.2) is 0 Å². The molecule has 1 N–H and O–H groups in total. The summed E-state index contributed by atoms with van der Waals surface area (Å²) < 4.78 is 0. The molecule has 1 rings (SSSR count). The Morgan fingerprint density at radius 1 is 1.35 bits per heavy atom. The van der Waals surface area contributed by atoms with Crippen molar-refractivity contribution in [2.24, 2.45) is 5.92 Å². The summed E-state index contributed by atoms with van der Waals surface area (Å²) in [6, 6.07) is 9.46. The van der Waals surface area contributed by atoms with Gasteiger partial charge >= 0.3 is 0 Å². The van der Waals surface area contributed by atoms with Crippen LogP contribution in [0, 0.1) is 17.2 Å². The molecule has 0 spiro atoms.